The van der Waals surface area contributed by atoms with Crippen LogP contribution in [0.4, 0.5) is 0 Å². The molecule has 7 atom stereocenters. The predicted octanol–water partition coefficient (Wildman–Crippen LogP) is 0.178. The van der Waals surface area contributed by atoms with Crippen molar-refractivity contribution in [2.45, 2.75) is 48.5 Å². The highest BCUT2D eigenvalue weighted by atomic mass is 79.9. The fourth-order valence-corrected chi connectivity index (χ4v) is 6.22. The lowest BCUT2D eigenvalue weighted by molar-refractivity contribution is -0.145. The molecule has 3 unspecified atom stereocenters. The van der Waals surface area contributed by atoms with Gasteiger partial charge in [-0.05, 0) is 18.9 Å². The van der Waals surface area contributed by atoms with E-state index in [0.717, 1.165) is 5.56 Å². The van der Waals surface area contributed by atoms with E-state index in [1.165, 1.54) is 11.9 Å². The molecule has 3 aliphatic rings. The lowest BCUT2D eigenvalue weighted by Gasteiger charge is -2.35. The summed E-state index contributed by atoms with van der Waals surface area (Å²) < 4.78 is 6.30. The molecule has 0 aliphatic carbocycles. The molecule has 162 valence electrons. The molecule has 0 radical (unpaired) electrons. The van der Waals surface area contributed by atoms with Gasteiger partial charge in [0.2, 0.25) is 17.7 Å². The minimum atomic E-state index is -1.10. The minimum absolute atomic E-state index is 0.141. The molecule has 3 amide bonds. The lowest BCUT2D eigenvalue weighted by Crippen LogP contribution is -2.57. The average Bonchev–Trinajstić information content (AvgIpc) is 3.35. The topological polar surface area (TPSA) is 108 Å². The SMILES string of the molecule is CNC(=O)[C@H]1[C@@H]2OC3(CC2Br)C(C(=O)NCc2ccccc2)N([C@H](C)CO)C(=O)[C@H]13. The Kier molecular flexibility index (Phi) is 5.63. The molecule has 9 heteroatoms. The first kappa shape index (κ1) is 21.3. The number of ether oxygens (including phenoxy) is 1. The summed E-state index contributed by atoms with van der Waals surface area (Å²) in [5.74, 6) is -2.36. The zero-order valence-corrected chi connectivity index (χ0v) is 18.5. The molecule has 1 spiro atoms. The van der Waals surface area contributed by atoms with Crippen molar-refractivity contribution in [2.75, 3.05) is 13.7 Å². The number of halogens is 1. The van der Waals surface area contributed by atoms with Crippen LogP contribution in [0, 0.1) is 11.8 Å². The molecule has 3 fully saturated rings. The second-order valence-corrected chi connectivity index (χ2v) is 9.43. The van der Waals surface area contributed by atoms with E-state index in [-0.39, 0.29) is 29.2 Å². The maximum atomic E-state index is 13.5. The highest BCUT2D eigenvalue weighted by molar-refractivity contribution is 9.09. The number of aliphatic hydroxyl groups excluding tert-OH is 1. The molecular formula is C21H26BrN3O5. The van der Waals surface area contributed by atoms with Crippen molar-refractivity contribution in [2.24, 2.45) is 11.8 Å². The quantitative estimate of drug-likeness (QED) is 0.504. The Morgan fingerprint density at radius 3 is 2.67 bits per heavy atom. The molecule has 30 heavy (non-hydrogen) atoms. The highest BCUT2D eigenvalue weighted by Crippen LogP contribution is 2.60. The van der Waals surface area contributed by atoms with E-state index in [1.54, 1.807) is 6.92 Å². The molecule has 3 aliphatic heterocycles. The average molecular weight is 480 g/mol. The summed E-state index contributed by atoms with van der Waals surface area (Å²) >= 11 is 3.59. The van der Waals surface area contributed by atoms with Crippen LogP contribution in [0.15, 0.2) is 30.3 Å². The molecule has 1 aromatic rings. The number of hydrogen-bond donors (Lipinski definition) is 3. The van der Waals surface area contributed by atoms with E-state index in [4.69, 9.17) is 4.74 Å². The third kappa shape index (κ3) is 3.06. The molecule has 0 aromatic heterocycles. The molecule has 3 N–H and O–H groups in total. The van der Waals surface area contributed by atoms with Crippen LogP contribution in [-0.4, -0.2) is 70.0 Å². The maximum absolute atomic E-state index is 13.5. The van der Waals surface area contributed by atoms with E-state index < -0.39 is 35.6 Å². The van der Waals surface area contributed by atoms with Crippen molar-refractivity contribution in [1.29, 1.82) is 0 Å². The van der Waals surface area contributed by atoms with Crippen LogP contribution >= 0.6 is 15.9 Å². The number of rotatable bonds is 6. The van der Waals surface area contributed by atoms with Gasteiger partial charge in [0.25, 0.3) is 0 Å². The molecule has 3 heterocycles. The van der Waals surface area contributed by atoms with Gasteiger partial charge in [0.1, 0.15) is 11.6 Å². The number of hydrogen-bond acceptors (Lipinski definition) is 5. The smallest absolute Gasteiger partial charge is 0.246 e. The minimum Gasteiger partial charge on any atom is -0.394 e. The molecule has 2 bridgehead atoms. The van der Waals surface area contributed by atoms with Crippen molar-refractivity contribution in [3.63, 3.8) is 0 Å². The second kappa shape index (κ2) is 7.94. The van der Waals surface area contributed by atoms with E-state index in [9.17, 15) is 19.5 Å². The van der Waals surface area contributed by atoms with Crippen molar-refractivity contribution < 1.29 is 24.2 Å². The maximum Gasteiger partial charge on any atom is 0.246 e. The molecular weight excluding hydrogens is 454 g/mol. The largest absolute Gasteiger partial charge is 0.394 e. The molecule has 4 rings (SSSR count). The Morgan fingerprint density at radius 1 is 1.33 bits per heavy atom. The van der Waals surface area contributed by atoms with Gasteiger partial charge in [-0.2, -0.15) is 0 Å². The number of benzene rings is 1. The van der Waals surface area contributed by atoms with Crippen LogP contribution in [0.1, 0.15) is 18.9 Å². The van der Waals surface area contributed by atoms with Gasteiger partial charge in [-0.1, -0.05) is 46.3 Å². The Morgan fingerprint density at radius 2 is 2.03 bits per heavy atom. The monoisotopic (exact) mass is 479 g/mol. The molecule has 1 aromatic carbocycles. The van der Waals surface area contributed by atoms with Gasteiger partial charge in [0.15, 0.2) is 0 Å². The summed E-state index contributed by atoms with van der Waals surface area (Å²) in [6, 6.07) is 8.00. The third-order valence-corrected chi connectivity index (χ3v) is 7.42. The van der Waals surface area contributed by atoms with Crippen LogP contribution in [-0.2, 0) is 25.7 Å². The van der Waals surface area contributed by atoms with Gasteiger partial charge >= 0.3 is 0 Å². The Balaban J connectivity index is 1.69. The van der Waals surface area contributed by atoms with Gasteiger partial charge in [-0.3, -0.25) is 14.4 Å². The van der Waals surface area contributed by atoms with E-state index in [2.05, 4.69) is 26.6 Å². The van der Waals surface area contributed by atoms with Crippen molar-refractivity contribution in [1.82, 2.24) is 15.5 Å². The number of likely N-dealkylation sites (tertiary alicyclic amines) is 1. The summed E-state index contributed by atoms with van der Waals surface area (Å²) in [7, 11) is 1.53. The number of carbonyl (C=O) groups is 3. The van der Waals surface area contributed by atoms with E-state index in [0.29, 0.717) is 13.0 Å². The van der Waals surface area contributed by atoms with Gasteiger partial charge in [0.05, 0.1) is 30.6 Å². The van der Waals surface area contributed by atoms with Gasteiger partial charge < -0.3 is 25.4 Å². The number of fused-ring (bicyclic) bond motifs is 1. The van der Waals surface area contributed by atoms with Crippen molar-refractivity contribution in [3.8, 4) is 0 Å². The van der Waals surface area contributed by atoms with Gasteiger partial charge in [-0.25, -0.2) is 0 Å². The fourth-order valence-electron chi connectivity index (χ4n) is 5.28. The first-order valence-electron chi connectivity index (χ1n) is 10.1. The van der Waals surface area contributed by atoms with E-state index >= 15 is 0 Å². The first-order chi connectivity index (χ1) is 14.4. The van der Waals surface area contributed by atoms with Crippen LogP contribution in [0.5, 0.6) is 0 Å². The second-order valence-electron chi connectivity index (χ2n) is 8.26. The lowest BCUT2D eigenvalue weighted by atomic mass is 9.70. The summed E-state index contributed by atoms with van der Waals surface area (Å²) in [6.45, 7) is 1.72. The Bertz CT molecular complexity index is 852. The Labute approximate surface area is 183 Å². The highest BCUT2D eigenvalue weighted by Gasteiger charge is 2.76. The first-order valence-corrected chi connectivity index (χ1v) is 11.1. The van der Waals surface area contributed by atoms with Gasteiger partial charge in [-0.15, -0.1) is 0 Å². The van der Waals surface area contributed by atoms with Crippen LogP contribution in [0.2, 0.25) is 0 Å². The normalized spacial score (nSPS) is 35.3. The predicted molar refractivity (Wildman–Crippen MR) is 111 cm³/mol. The number of amides is 3. The number of aliphatic hydroxyl groups is 1. The zero-order valence-electron chi connectivity index (χ0n) is 16.9. The van der Waals surface area contributed by atoms with Crippen molar-refractivity contribution >= 4 is 33.7 Å². The summed E-state index contributed by atoms with van der Waals surface area (Å²) in [6.07, 6.45) is -0.0329. The summed E-state index contributed by atoms with van der Waals surface area (Å²) in [5.41, 5.74) is -0.165. The molecule has 0 saturated carbocycles. The Hall–Kier alpha value is -1.97. The summed E-state index contributed by atoms with van der Waals surface area (Å²) in [5, 5.41) is 15.3. The number of nitrogens with one attached hydrogen (secondary N) is 2. The fraction of sp³-hybridized carbons (Fsp3) is 0.571. The van der Waals surface area contributed by atoms with Crippen LogP contribution in [0.3, 0.4) is 0 Å². The van der Waals surface area contributed by atoms with E-state index in [1.807, 2.05) is 30.3 Å². The molecule has 3 saturated heterocycles. The van der Waals surface area contributed by atoms with Crippen LogP contribution < -0.4 is 10.6 Å². The number of alkyl halides is 1. The number of carbonyl (C=O) groups excluding carboxylic acids is 3. The zero-order chi connectivity index (χ0) is 21.6. The van der Waals surface area contributed by atoms with Crippen LogP contribution in [0.25, 0.3) is 0 Å². The molecule has 8 nitrogen and oxygen atoms in total. The van der Waals surface area contributed by atoms with Crippen molar-refractivity contribution in [3.05, 3.63) is 35.9 Å². The number of nitrogens with zero attached hydrogens (tertiary/aromatic N) is 1. The standard InChI is InChI=1S/C21H26BrN3O5/c1-11(10-26)25-17(19(28)24-9-12-6-4-3-5-7-12)21-8-13(22)16(30-21)14(18(27)23-2)15(21)20(25)29/h3-7,11,13-17,26H,8-10H2,1-2H3,(H,23,27)(H,24,28)/t11-,13?,14-,15+,16-,17?,21?/m1/s1. The summed E-state index contributed by atoms with van der Waals surface area (Å²) in [4.78, 5) is 40.8. The van der Waals surface area contributed by atoms with Gasteiger partial charge in [0, 0.05) is 18.4 Å². The third-order valence-electron chi connectivity index (χ3n) is 6.57.